The van der Waals surface area contributed by atoms with E-state index in [0.29, 0.717) is 36.4 Å². The molecule has 0 amide bonds. The molecule has 4 aliphatic carbocycles. The molecular formula is C22H27N3O2. The summed E-state index contributed by atoms with van der Waals surface area (Å²) in [5.74, 6) is 4.15. The monoisotopic (exact) mass is 365 g/mol. The van der Waals surface area contributed by atoms with Crippen LogP contribution >= 0.6 is 0 Å². The van der Waals surface area contributed by atoms with Gasteiger partial charge >= 0.3 is 0 Å². The maximum Gasteiger partial charge on any atom is 0.159 e. The highest BCUT2D eigenvalue weighted by Gasteiger charge is 2.61. The Hall–Kier alpha value is -2.05. The lowest BCUT2D eigenvalue weighted by Crippen LogP contribution is -2.54. The number of nitrogens with zero attached hydrogens (tertiary/aromatic N) is 3. The predicted molar refractivity (Wildman–Crippen MR) is 102 cm³/mol. The van der Waals surface area contributed by atoms with Gasteiger partial charge in [0, 0.05) is 29.1 Å². The van der Waals surface area contributed by atoms with Gasteiger partial charge in [0.15, 0.2) is 5.78 Å². The number of ketones is 2. The molecule has 0 radical (unpaired) electrons. The molecule has 0 N–H and O–H groups in total. The molecule has 0 aromatic carbocycles. The van der Waals surface area contributed by atoms with Crippen LogP contribution in [0.1, 0.15) is 58.8 Å². The SMILES string of the molecule is C#CCC1C[C@@]2(C)C(=CC1=O)C(N=[N+]=[N-])C[C@@H]1[C@@H]2CC[C@]2(C)C(=O)CC[C@@H]12. The van der Waals surface area contributed by atoms with Crippen molar-refractivity contribution in [1.82, 2.24) is 0 Å². The van der Waals surface area contributed by atoms with Crippen molar-refractivity contribution in [2.75, 3.05) is 0 Å². The Balaban J connectivity index is 1.78. The fourth-order valence-electron chi connectivity index (χ4n) is 7.06. The van der Waals surface area contributed by atoms with Gasteiger partial charge in [-0.1, -0.05) is 24.5 Å². The van der Waals surface area contributed by atoms with Gasteiger partial charge < -0.3 is 0 Å². The van der Waals surface area contributed by atoms with Crippen LogP contribution in [0.2, 0.25) is 0 Å². The fraction of sp³-hybridized carbons (Fsp3) is 0.727. The van der Waals surface area contributed by atoms with Crippen LogP contribution in [0.4, 0.5) is 0 Å². The van der Waals surface area contributed by atoms with Gasteiger partial charge in [0.1, 0.15) is 5.78 Å². The van der Waals surface area contributed by atoms with Crippen molar-refractivity contribution in [2.45, 2.75) is 64.8 Å². The highest BCUT2D eigenvalue weighted by atomic mass is 16.1. The summed E-state index contributed by atoms with van der Waals surface area (Å²) in [7, 11) is 0. The summed E-state index contributed by atoms with van der Waals surface area (Å²) >= 11 is 0. The quantitative estimate of drug-likeness (QED) is 0.309. The molecule has 5 nitrogen and oxygen atoms in total. The van der Waals surface area contributed by atoms with Crippen LogP contribution in [0, 0.1) is 46.8 Å². The zero-order valence-electron chi connectivity index (χ0n) is 16.1. The van der Waals surface area contributed by atoms with Crippen molar-refractivity contribution in [2.24, 2.45) is 39.6 Å². The third kappa shape index (κ3) is 2.50. The van der Waals surface area contributed by atoms with E-state index < -0.39 is 0 Å². The molecule has 0 saturated heterocycles. The van der Waals surface area contributed by atoms with Gasteiger partial charge in [-0.15, -0.1) is 12.3 Å². The number of carbonyl (C=O) groups is 2. The van der Waals surface area contributed by atoms with Crippen LogP contribution in [0.5, 0.6) is 0 Å². The van der Waals surface area contributed by atoms with Gasteiger partial charge in [-0.05, 0) is 66.9 Å². The summed E-state index contributed by atoms with van der Waals surface area (Å²) in [6.07, 6.45) is 12.8. The zero-order valence-corrected chi connectivity index (χ0v) is 16.1. The number of hydrogen-bond donors (Lipinski definition) is 0. The Bertz CT molecular complexity index is 818. The third-order valence-corrected chi connectivity index (χ3v) is 8.40. The smallest absolute Gasteiger partial charge is 0.159 e. The Labute approximate surface area is 160 Å². The van der Waals surface area contributed by atoms with E-state index in [1.165, 1.54) is 0 Å². The van der Waals surface area contributed by atoms with E-state index in [9.17, 15) is 9.59 Å². The summed E-state index contributed by atoms with van der Waals surface area (Å²) in [5.41, 5.74) is 9.75. The molecule has 0 spiro atoms. The minimum atomic E-state index is -0.282. The average Bonchev–Trinajstić information content (AvgIpc) is 2.93. The second-order valence-corrected chi connectivity index (χ2v) is 9.48. The molecule has 0 aromatic rings. The molecule has 4 aliphatic rings. The van der Waals surface area contributed by atoms with Gasteiger partial charge in [0.05, 0.1) is 6.04 Å². The molecule has 0 aromatic heterocycles. The first-order chi connectivity index (χ1) is 12.8. The first-order valence-electron chi connectivity index (χ1n) is 10.1. The molecule has 2 unspecified atom stereocenters. The first kappa shape index (κ1) is 18.3. The van der Waals surface area contributed by atoms with Crippen molar-refractivity contribution < 1.29 is 9.59 Å². The second-order valence-electron chi connectivity index (χ2n) is 9.48. The van der Waals surface area contributed by atoms with Crippen LogP contribution < -0.4 is 0 Å². The number of azide groups is 1. The van der Waals surface area contributed by atoms with E-state index in [2.05, 4.69) is 29.8 Å². The van der Waals surface area contributed by atoms with Gasteiger partial charge in [-0.25, -0.2) is 0 Å². The normalized spacial score (nSPS) is 45.7. The molecular weight excluding hydrogens is 338 g/mol. The number of hydrogen-bond acceptors (Lipinski definition) is 3. The summed E-state index contributed by atoms with van der Waals surface area (Å²) in [6, 6.07) is -0.282. The van der Waals surface area contributed by atoms with E-state index in [0.717, 1.165) is 37.7 Å². The average molecular weight is 365 g/mol. The molecule has 7 atom stereocenters. The summed E-state index contributed by atoms with van der Waals surface area (Å²) < 4.78 is 0. The van der Waals surface area contributed by atoms with Gasteiger partial charge in [0.2, 0.25) is 0 Å². The second kappa shape index (κ2) is 6.24. The van der Waals surface area contributed by atoms with Crippen molar-refractivity contribution >= 4 is 11.6 Å². The molecule has 0 heterocycles. The number of Topliss-reactive ketones (excluding diaryl/α,β-unsaturated/α-hetero) is 1. The van der Waals surface area contributed by atoms with Crippen molar-refractivity contribution in [3.63, 3.8) is 0 Å². The van der Waals surface area contributed by atoms with Crippen LogP contribution in [0.25, 0.3) is 10.4 Å². The third-order valence-electron chi connectivity index (χ3n) is 8.40. The zero-order chi connectivity index (χ0) is 19.4. The largest absolute Gasteiger partial charge is 0.299 e. The molecule has 0 aliphatic heterocycles. The first-order valence-corrected chi connectivity index (χ1v) is 10.1. The van der Waals surface area contributed by atoms with Gasteiger partial charge in [-0.3, -0.25) is 9.59 Å². The summed E-state index contributed by atoms with van der Waals surface area (Å²) in [6.45, 7) is 4.38. The molecule has 4 rings (SSSR count). The highest BCUT2D eigenvalue weighted by molar-refractivity contribution is 5.94. The minimum Gasteiger partial charge on any atom is -0.299 e. The summed E-state index contributed by atoms with van der Waals surface area (Å²) in [4.78, 5) is 28.3. The maximum absolute atomic E-state index is 12.6. The topological polar surface area (TPSA) is 82.9 Å². The fourth-order valence-corrected chi connectivity index (χ4v) is 7.06. The van der Waals surface area contributed by atoms with Crippen LogP contribution in [0.15, 0.2) is 16.8 Å². The molecule has 27 heavy (non-hydrogen) atoms. The lowest BCUT2D eigenvalue weighted by molar-refractivity contribution is -0.133. The lowest BCUT2D eigenvalue weighted by atomic mass is 9.46. The lowest BCUT2D eigenvalue weighted by Gasteiger charge is -2.59. The van der Waals surface area contributed by atoms with Crippen molar-refractivity contribution in [3.8, 4) is 12.3 Å². The Kier molecular flexibility index (Phi) is 4.24. The van der Waals surface area contributed by atoms with Crippen LogP contribution in [0.3, 0.4) is 0 Å². The maximum atomic E-state index is 12.6. The van der Waals surface area contributed by atoms with Gasteiger partial charge in [0.25, 0.3) is 0 Å². The van der Waals surface area contributed by atoms with E-state index in [-0.39, 0.29) is 28.6 Å². The number of carbonyl (C=O) groups excluding carboxylic acids is 2. The molecule has 3 saturated carbocycles. The van der Waals surface area contributed by atoms with Gasteiger partial charge in [-0.2, -0.15) is 0 Å². The Morgan fingerprint density at radius 3 is 2.74 bits per heavy atom. The van der Waals surface area contributed by atoms with E-state index >= 15 is 0 Å². The molecule has 142 valence electrons. The van der Waals surface area contributed by atoms with Crippen LogP contribution in [-0.2, 0) is 9.59 Å². The Morgan fingerprint density at radius 2 is 2.04 bits per heavy atom. The van der Waals surface area contributed by atoms with E-state index in [1.54, 1.807) is 6.08 Å². The predicted octanol–water partition coefficient (Wildman–Crippen LogP) is 4.63. The number of terminal acetylenes is 1. The minimum absolute atomic E-state index is 0.0775. The number of fused-ring (bicyclic) bond motifs is 5. The standard InChI is InChI=1S/C22H27N3O2/c1-4-5-13-12-22(3)16-8-9-21(2)15(6-7-20(21)27)14(16)10-18(24-25-23)17(22)11-19(13)26/h1,11,13-16,18H,5-10,12H2,2-3H3/t13?,14-,15-,16-,18?,21-,22+/m0/s1. The highest BCUT2D eigenvalue weighted by Crippen LogP contribution is 2.65. The molecule has 0 bridgehead atoms. The van der Waals surface area contributed by atoms with E-state index in [4.69, 9.17) is 12.0 Å². The van der Waals surface area contributed by atoms with Crippen LogP contribution in [-0.4, -0.2) is 17.6 Å². The number of rotatable bonds is 2. The van der Waals surface area contributed by atoms with E-state index in [1.807, 2.05) is 0 Å². The molecule has 3 fully saturated rings. The van der Waals surface area contributed by atoms with Crippen molar-refractivity contribution in [1.29, 1.82) is 0 Å². The molecule has 5 heteroatoms. The van der Waals surface area contributed by atoms with Crippen molar-refractivity contribution in [3.05, 3.63) is 22.1 Å². The Morgan fingerprint density at radius 1 is 1.30 bits per heavy atom. The summed E-state index contributed by atoms with van der Waals surface area (Å²) in [5, 5.41) is 4.10.